The van der Waals surface area contributed by atoms with Crippen molar-refractivity contribution in [2.45, 2.75) is 33.0 Å². The van der Waals surface area contributed by atoms with Crippen molar-refractivity contribution in [2.75, 3.05) is 36.4 Å². The maximum atomic E-state index is 14.1. The average Bonchev–Trinajstić information content (AvgIpc) is 3.25. The maximum Gasteiger partial charge on any atom is 0.410 e. The fourth-order valence-electron chi connectivity index (χ4n) is 3.76. The van der Waals surface area contributed by atoms with Gasteiger partial charge in [-0.05, 0) is 56.6 Å². The summed E-state index contributed by atoms with van der Waals surface area (Å²) in [4.78, 5) is 32.6. The van der Waals surface area contributed by atoms with Gasteiger partial charge in [-0.15, -0.1) is 0 Å². The molecule has 208 valence electrons. The highest BCUT2D eigenvalue weighted by Crippen LogP contribution is 2.33. The van der Waals surface area contributed by atoms with Gasteiger partial charge in [0.05, 0.1) is 17.4 Å². The van der Waals surface area contributed by atoms with Crippen molar-refractivity contribution in [2.24, 2.45) is 5.73 Å². The van der Waals surface area contributed by atoms with E-state index < -0.39 is 29.7 Å². The highest BCUT2D eigenvalue weighted by Gasteiger charge is 2.26. The molecule has 14 heteroatoms. The van der Waals surface area contributed by atoms with Gasteiger partial charge in [-0.1, -0.05) is 15.9 Å². The molecule has 10 nitrogen and oxygen atoms in total. The van der Waals surface area contributed by atoms with E-state index in [0.717, 1.165) is 29.4 Å². The van der Waals surface area contributed by atoms with Crippen LogP contribution in [-0.4, -0.2) is 58.0 Å². The molecule has 1 aromatic carbocycles. The van der Waals surface area contributed by atoms with Crippen LogP contribution >= 0.6 is 27.5 Å². The van der Waals surface area contributed by atoms with E-state index in [2.05, 4.69) is 35.5 Å². The van der Waals surface area contributed by atoms with E-state index in [1.807, 2.05) is 26.8 Å². The summed E-state index contributed by atoms with van der Waals surface area (Å²) < 4.78 is 43.5. The van der Waals surface area contributed by atoms with Gasteiger partial charge >= 0.3 is 6.09 Å². The molecule has 39 heavy (non-hydrogen) atoms. The number of amides is 2. The second-order valence-corrected chi connectivity index (χ2v) is 11.4. The van der Waals surface area contributed by atoms with E-state index in [1.54, 1.807) is 17.2 Å². The van der Waals surface area contributed by atoms with Gasteiger partial charge in [0, 0.05) is 30.7 Å². The highest BCUT2D eigenvalue weighted by molar-refractivity contribution is 9.10. The van der Waals surface area contributed by atoms with Crippen molar-refractivity contribution < 1.29 is 27.8 Å². The second-order valence-electron chi connectivity index (χ2n) is 9.67. The molecule has 0 aliphatic carbocycles. The van der Waals surface area contributed by atoms with E-state index in [9.17, 15) is 18.4 Å². The van der Waals surface area contributed by atoms with Crippen LogP contribution in [0.25, 0.3) is 0 Å². The number of carbonyl (C=O) groups is 2. The van der Waals surface area contributed by atoms with E-state index >= 15 is 0 Å². The number of aromatic nitrogens is 2. The lowest BCUT2D eigenvalue weighted by Crippen LogP contribution is -2.50. The van der Waals surface area contributed by atoms with Crippen molar-refractivity contribution in [1.82, 2.24) is 14.3 Å². The van der Waals surface area contributed by atoms with Crippen molar-refractivity contribution in [3.05, 3.63) is 57.7 Å². The monoisotopic (exact) mass is 624 g/mol. The Hall–Kier alpha value is -3.52. The Kier molecular flexibility index (Phi) is 8.54. The lowest BCUT2D eigenvalue weighted by molar-refractivity contribution is 0.0240. The summed E-state index contributed by atoms with van der Waals surface area (Å²) in [5.41, 5.74) is 5.50. The molecule has 3 N–H and O–H groups in total. The molecule has 4 rings (SSSR count). The third-order valence-corrected chi connectivity index (χ3v) is 6.86. The number of anilines is 3. The largest absolute Gasteiger partial charge is 0.471 e. The van der Waals surface area contributed by atoms with E-state index in [4.69, 9.17) is 15.2 Å². The SMILES string of the molecule is CC(C)(C)OC(=O)N1CCN(c2ccc(Nc3snc(OCc4c(F)cc(Br)cc4F)c3C(N)=O)nc2)CC1. The van der Waals surface area contributed by atoms with E-state index in [-0.39, 0.29) is 32.6 Å². The molecule has 2 aromatic heterocycles. The molecule has 0 saturated carbocycles. The Labute approximate surface area is 236 Å². The zero-order chi connectivity index (χ0) is 28.3. The van der Waals surface area contributed by atoms with Crippen LogP contribution in [0.3, 0.4) is 0 Å². The number of carbonyl (C=O) groups excluding carboxylic acids is 2. The zero-order valence-corrected chi connectivity index (χ0v) is 23.9. The normalized spacial score (nSPS) is 13.8. The Bertz CT molecular complexity index is 1330. The molecular formula is C25H27BrF2N6O4S. The van der Waals surface area contributed by atoms with Gasteiger partial charge in [0.15, 0.2) is 0 Å². The zero-order valence-electron chi connectivity index (χ0n) is 21.5. The van der Waals surface area contributed by atoms with Crippen molar-refractivity contribution >= 4 is 56.0 Å². The third kappa shape index (κ3) is 7.12. The number of rotatable bonds is 7. The number of nitrogens with one attached hydrogen (secondary N) is 1. The molecule has 0 bridgehead atoms. The lowest BCUT2D eigenvalue weighted by Gasteiger charge is -2.36. The van der Waals surface area contributed by atoms with Gasteiger partial charge in [0.25, 0.3) is 5.91 Å². The first-order valence-corrected chi connectivity index (χ1v) is 13.5. The van der Waals surface area contributed by atoms with Crippen LogP contribution in [0.15, 0.2) is 34.9 Å². The van der Waals surface area contributed by atoms with Crippen LogP contribution < -0.4 is 20.7 Å². The van der Waals surface area contributed by atoms with Crippen LogP contribution in [0.2, 0.25) is 0 Å². The number of hydrogen-bond donors (Lipinski definition) is 2. The van der Waals surface area contributed by atoms with E-state index in [0.29, 0.717) is 32.0 Å². The van der Waals surface area contributed by atoms with Gasteiger partial charge in [0.2, 0.25) is 5.88 Å². The number of hydrogen-bond acceptors (Lipinski definition) is 9. The first kappa shape index (κ1) is 28.5. The minimum atomic E-state index is -0.822. The number of pyridine rings is 1. The van der Waals surface area contributed by atoms with Crippen molar-refractivity contribution in [3.8, 4) is 5.88 Å². The molecule has 3 aromatic rings. The van der Waals surface area contributed by atoms with Gasteiger partial charge in [-0.3, -0.25) is 4.79 Å². The molecule has 1 fully saturated rings. The summed E-state index contributed by atoms with van der Waals surface area (Å²) in [6.45, 7) is 7.30. The number of nitrogens with two attached hydrogens (primary N) is 1. The van der Waals surface area contributed by atoms with Crippen LogP contribution in [0.5, 0.6) is 5.88 Å². The molecule has 1 saturated heterocycles. The van der Waals surface area contributed by atoms with Gasteiger partial charge < -0.3 is 30.3 Å². The van der Waals surface area contributed by atoms with E-state index in [1.165, 1.54) is 0 Å². The number of nitrogens with zero attached hydrogens (tertiary/aromatic N) is 4. The standard InChI is InChI=1S/C25H27BrF2N6O4S/c1-25(2,3)38-24(36)34-8-6-33(7-9-34)15-4-5-19(30-12-15)31-23-20(21(29)35)22(32-39-23)37-13-16-17(27)10-14(26)11-18(16)28/h4-5,10-12H,6-9,13H2,1-3H3,(H2,29,35)(H,30,31). The summed E-state index contributed by atoms with van der Waals surface area (Å²) in [5.74, 6) is -2.14. The van der Waals surface area contributed by atoms with Gasteiger partial charge in [-0.2, -0.15) is 4.37 Å². The van der Waals surface area contributed by atoms with Gasteiger partial charge in [0.1, 0.15) is 40.2 Å². The predicted octanol–water partition coefficient (Wildman–Crippen LogP) is 5.06. The maximum absolute atomic E-state index is 14.1. The summed E-state index contributed by atoms with van der Waals surface area (Å²) in [6.07, 6.45) is 1.34. The number of halogens is 3. The lowest BCUT2D eigenvalue weighted by atomic mass is 10.2. The molecule has 0 unspecified atom stereocenters. The summed E-state index contributed by atoms with van der Waals surface area (Å²) in [5, 5.41) is 3.28. The van der Waals surface area contributed by atoms with Crippen LogP contribution in [0.4, 0.5) is 30.1 Å². The summed E-state index contributed by atoms with van der Waals surface area (Å²) >= 11 is 3.93. The summed E-state index contributed by atoms with van der Waals surface area (Å²) in [7, 11) is 0. The number of ether oxygens (including phenoxy) is 2. The first-order chi connectivity index (χ1) is 18.4. The molecule has 3 heterocycles. The Morgan fingerprint density at radius 1 is 1.15 bits per heavy atom. The molecule has 1 aliphatic heterocycles. The highest BCUT2D eigenvalue weighted by atomic mass is 79.9. The number of piperazine rings is 1. The van der Waals surface area contributed by atoms with Crippen molar-refractivity contribution in [3.63, 3.8) is 0 Å². The Balaban J connectivity index is 1.39. The molecule has 0 radical (unpaired) electrons. The minimum absolute atomic E-state index is 0.0536. The fraction of sp³-hybridized carbons (Fsp3) is 0.360. The first-order valence-electron chi connectivity index (χ1n) is 11.9. The number of primary amides is 1. The Morgan fingerprint density at radius 2 is 1.82 bits per heavy atom. The Morgan fingerprint density at radius 3 is 2.38 bits per heavy atom. The fourth-order valence-corrected chi connectivity index (χ4v) is 4.91. The number of benzene rings is 1. The topological polar surface area (TPSA) is 123 Å². The van der Waals surface area contributed by atoms with Crippen LogP contribution in [-0.2, 0) is 11.3 Å². The average molecular weight is 625 g/mol. The molecule has 2 amide bonds. The van der Waals surface area contributed by atoms with Crippen LogP contribution in [0.1, 0.15) is 36.7 Å². The van der Waals surface area contributed by atoms with Gasteiger partial charge in [-0.25, -0.2) is 18.6 Å². The third-order valence-electron chi connectivity index (χ3n) is 5.65. The van der Waals surface area contributed by atoms with Crippen LogP contribution in [0, 0.1) is 11.6 Å². The molecule has 0 spiro atoms. The van der Waals surface area contributed by atoms with Crippen molar-refractivity contribution in [1.29, 1.82) is 0 Å². The predicted molar refractivity (Wildman–Crippen MR) is 147 cm³/mol. The molecule has 0 atom stereocenters. The smallest absolute Gasteiger partial charge is 0.410 e. The second kappa shape index (κ2) is 11.7. The summed E-state index contributed by atoms with van der Waals surface area (Å²) in [6, 6.07) is 5.81. The minimum Gasteiger partial charge on any atom is -0.471 e. The quantitative estimate of drug-likeness (QED) is 0.374. The molecular weight excluding hydrogens is 598 g/mol. The molecule has 1 aliphatic rings.